The van der Waals surface area contributed by atoms with Crippen LogP contribution in [0.4, 0.5) is 4.39 Å². The molecule has 2 rings (SSSR count). The molecule has 0 radical (unpaired) electrons. The molecule has 0 aliphatic heterocycles. The van der Waals surface area contributed by atoms with Gasteiger partial charge in [0.15, 0.2) is 0 Å². The van der Waals surface area contributed by atoms with Crippen LogP contribution in [0.3, 0.4) is 0 Å². The Kier molecular flexibility index (Phi) is 4.38. The number of ether oxygens (including phenoxy) is 1. The molecule has 0 amide bonds. The second-order valence-corrected chi connectivity index (χ2v) is 4.47. The summed E-state index contributed by atoms with van der Waals surface area (Å²) in [7, 11) is 0. The van der Waals surface area contributed by atoms with Gasteiger partial charge in [0.2, 0.25) is 0 Å². The van der Waals surface area contributed by atoms with Crippen molar-refractivity contribution < 1.29 is 9.13 Å². The molecular weight excluding hydrogens is 265 g/mol. The number of aryl methyl sites for hydroxylation is 2. The normalized spacial score (nSPS) is 10.5. The summed E-state index contributed by atoms with van der Waals surface area (Å²) in [4.78, 5) is 4.41. The molecule has 4 heteroatoms. The predicted octanol–water partition coefficient (Wildman–Crippen LogP) is 4.62. The first-order valence-corrected chi connectivity index (χ1v) is 6.67. The van der Waals surface area contributed by atoms with Gasteiger partial charge in [0.1, 0.15) is 17.3 Å². The van der Waals surface area contributed by atoms with Crippen molar-refractivity contribution in [2.45, 2.75) is 26.1 Å². The molecule has 0 saturated heterocycles. The average molecular weight is 280 g/mol. The van der Waals surface area contributed by atoms with E-state index in [9.17, 15) is 4.39 Å². The van der Waals surface area contributed by atoms with E-state index < -0.39 is 0 Å². The molecular formula is C15H15ClFNO. The van der Waals surface area contributed by atoms with E-state index in [-0.39, 0.29) is 11.7 Å². The standard InChI is InChI=1S/C15H15ClFNO/c1-3-13-15(8-7-10(2)18-13)19-14-6-4-5-12(17)11(14)9-16/h4-8H,3,9H2,1-2H3. The van der Waals surface area contributed by atoms with Crippen LogP contribution in [0.2, 0.25) is 0 Å². The highest BCUT2D eigenvalue weighted by molar-refractivity contribution is 6.17. The van der Waals surface area contributed by atoms with Gasteiger partial charge in [0.05, 0.1) is 11.6 Å². The third-order valence-corrected chi connectivity index (χ3v) is 3.10. The van der Waals surface area contributed by atoms with E-state index in [1.807, 2.05) is 26.0 Å². The number of hydrogen-bond donors (Lipinski definition) is 0. The lowest BCUT2D eigenvalue weighted by atomic mass is 10.2. The zero-order valence-electron chi connectivity index (χ0n) is 10.9. The smallest absolute Gasteiger partial charge is 0.148 e. The molecule has 0 spiro atoms. The van der Waals surface area contributed by atoms with Crippen molar-refractivity contribution in [1.29, 1.82) is 0 Å². The monoisotopic (exact) mass is 279 g/mol. The maximum absolute atomic E-state index is 13.6. The fourth-order valence-electron chi connectivity index (χ4n) is 1.83. The first-order chi connectivity index (χ1) is 9.15. The number of benzene rings is 1. The summed E-state index contributed by atoms with van der Waals surface area (Å²) in [6.07, 6.45) is 0.753. The van der Waals surface area contributed by atoms with Crippen LogP contribution in [0.15, 0.2) is 30.3 Å². The lowest BCUT2D eigenvalue weighted by Crippen LogP contribution is -1.98. The van der Waals surface area contributed by atoms with Gasteiger partial charge in [-0.3, -0.25) is 4.98 Å². The Morgan fingerprint density at radius 2 is 2.00 bits per heavy atom. The third kappa shape index (κ3) is 3.04. The Hall–Kier alpha value is -1.61. The molecule has 0 N–H and O–H groups in total. The van der Waals surface area contributed by atoms with Crippen molar-refractivity contribution in [2.75, 3.05) is 0 Å². The van der Waals surface area contributed by atoms with E-state index in [1.54, 1.807) is 12.1 Å². The maximum atomic E-state index is 13.6. The zero-order chi connectivity index (χ0) is 13.8. The molecule has 0 bridgehead atoms. The minimum absolute atomic E-state index is 0.0722. The van der Waals surface area contributed by atoms with Crippen LogP contribution in [-0.2, 0) is 12.3 Å². The topological polar surface area (TPSA) is 22.1 Å². The maximum Gasteiger partial charge on any atom is 0.148 e. The van der Waals surface area contributed by atoms with E-state index in [2.05, 4.69) is 4.98 Å². The summed E-state index contributed by atoms with van der Waals surface area (Å²) >= 11 is 5.77. The van der Waals surface area contributed by atoms with Crippen molar-refractivity contribution in [3.63, 3.8) is 0 Å². The number of rotatable bonds is 4. The number of pyridine rings is 1. The van der Waals surface area contributed by atoms with E-state index in [0.717, 1.165) is 17.8 Å². The Morgan fingerprint density at radius 3 is 2.68 bits per heavy atom. The van der Waals surface area contributed by atoms with Gasteiger partial charge in [-0.1, -0.05) is 13.0 Å². The molecule has 2 nitrogen and oxygen atoms in total. The minimum Gasteiger partial charge on any atom is -0.455 e. The van der Waals surface area contributed by atoms with Gasteiger partial charge in [0.25, 0.3) is 0 Å². The molecule has 100 valence electrons. The number of hydrogen-bond acceptors (Lipinski definition) is 2. The first kappa shape index (κ1) is 13.8. The second-order valence-electron chi connectivity index (χ2n) is 4.20. The van der Waals surface area contributed by atoms with Crippen LogP contribution >= 0.6 is 11.6 Å². The van der Waals surface area contributed by atoms with Gasteiger partial charge in [-0.15, -0.1) is 11.6 Å². The molecule has 1 aromatic heterocycles. The second kappa shape index (κ2) is 6.02. The van der Waals surface area contributed by atoms with E-state index in [0.29, 0.717) is 17.1 Å². The highest BCUT2D eigenvalue weighted by Gasteiger charge is 2.11. The van der Waals surface area contributed by atoms with Crippen molar-refractivity contribution in [3.05, 3.63) is 53.1 Å². The van der Waals surface area contributed by atoms with E-state index >= 15 is 0 Å². The predicted molar refractivity (Wildman–Crippen MR) is 74.4 cm³/mol. The molecule has 1 aromatic carbocycles. The van der Waals surface area contributed by atoms with E-state index in [1.165, 1.54) is 6.07 Å². The van der Waals surface area contributed by atoms with Crippen LogP contribution in [0.1, 0.15) is 23.9 Å². The average Bonchev–Trinajstić information content (AvgIpc) is 2.41. The van der Waals surface area contributed by atoms with Crippen molar-refractivity contribution >= 4 is 11.6 Å². The minimum atomic E-state index is -0.356. The Labute approximate surface area is 117 Å². The van der Waals surface area contributed by atoms with Crippen molar-refractivity contribution in [1.82, 2.24) is 4.98 Å². The zero-order valence-corrected chi connectivity index (χ0v) is 11.7. The summed E-state index contributed by atoms with van der Waals surface area (Å²) in [6.45, 7) is 3.93. The summed E-state index contributed by atoms with van der Waals surface area (Å²) in [5.74, 6) is 0.800. The number of halogens is 2. The van der Waals surface area contributed by atoms with E-state index in [4.69, 9.17) is 16.3 Å². The molecule has 0 fully saturated rings. The van der Waals surface area contributed by atoms with Crippen LogP contribution in [0.25, 0.3) is 0 Å². The summed E-state index contributed by atoms with van der Waals surface area (Å²) in [5.41, 5.74) is 2.15. The lowest BCUT2D eigenvalue weighted by Gasteiger charge is -2.13. The first-order valence-electron chi connectivity index (χ1n) is 6.13. The van der Waals surface area contributed by atoms with Gasteiger partial charge in [0, 0.05) is 11.3 Å². The molecule has 19 heavy (non-hydrogen) atoms. The van der Waals surface area contributed by atoms with Gasteiger partial charge in [-0.25, -0.2) is 4.39 Å². The molecule has 0 unspecified atom stereocenters. The van der Waals surface area contributed by atoms with Gasteiger partial charge < -0.3 is 4.74 Å². The highest BCUT2D eigenvalue weighted by atomic mass is 35.5. The molecule has 2 aromatic rings. The van der Waals surface area contributed by atoms with Crippen LogP contribution in [0, 0.1) is 12.7 Å². The van der Waals surface area contributed by atoms with Crippen molar-refractivity contribution in [2.24, 2.45) is 0 Å². The van der Waals surface area contributed by atoms with Gasteiger partial charge >= 0.3 is 0 Å². The molecule has 0 atom stereocenters. The third-order valence-electron chi connectivity index (χ3n) is 2.84. The quantitative estimate of drug-likeness (QED) is 0.762. The van der Waals surface area contributed by atoms with Gasteiger partial charge in [-0.2, -0.15) is 0 Å². The highest BCUT2D eigenvalue weighted by Crippen LogP contribution is 2.30. The summed E-state index contributed by atoms with van der Waals surface area (Å²) in [6, 6.07) is 8.41. The van der Waals surface area contributed by atoms with Crippen molar-refractivity contribution in [3.8, 4) is 11.5 Å². The molecule has 0 aliphatic rings. The molecule has 1 heterocycles. The Balaban J connectivity index is 2.39. The number of alkyl halides is 1. The van der Waals surface area contributed by atoms with Crippen LogP contribution in [-0.4, -0.2) is 4.98 Å². The summed E-state index contributed by atoms with van der Waals surface area (Å²) < 4.78 is 19.4. The van der Waals surface area contributed by atoms with Crippen LogP contribution < -0.4 is 4.74 Å². The fourth-order valence-corrected chi connectivity index (χ4v) is 2.09. The lowest BCUT2D eigenvalue weighted by molar-refractivity contribution is 0.461. The Bertz CT molecular complexity index is 586. The SMILES string of the molecule is CCc1nc(C)ccc1Oc1cccc(F)c1CCl. The molecule has 0 aliphatic carbocycles. The largest absolute Gasteiger partial charge is 0.455 e. The Morgan fingerprint density at radius 1 is 1.21 bits per heavy atom. The number of nitrogens with zero attached hydrogens (tertiary/aromatic N) is 1. The number of aromatic nitrogens is 1. The van der Waals surface area contributed by atoms with Gasteiger partial charge in [-0.05, 0) is 37.6 Å². The summed E-state index contributed by atoms with van der Waals surface area (Å²) in [5, 5.41) is 0. The van der Waals surface area contributed by atoms with Crippen LogP contribution in [0.5, 0.6) is 11.5 Å². The fraction of sp³-hybridized carbons (Fsp3) is 0.267. The molecule has 0 saturated carbocycles.